The minimum absolute atomic E-state index is 0.396. The molecule has 2 rings (SSSR count). The molecule has 1 N–H and O–H groups in total. The lowest BCUT2D eigenvalue weighted by Crippen LogP contribution is -2.59. The monoisotopic (exact) mass is 254 g/mol. The van der Waals surface area contributed by atoms with Gasteiger partial charge in [0.15, 0.2) is 0 Å². The molecule has 1 saturated carbocycles. The quantitative estimate of drug-likeness (QED) is 0.835. The molecule has 1 heterocycles. The molecule has 1 aliphatic heterocycles. The number of nitrogens with one attached hydrogen (secondary N) is 1. The van der Waals surface area contributed by atoms with E-state index in [-0.39, 0.29) is 0 Å². The first-order valence-corrected chi connectivity index (χ1v) is 7.70. The second-order valence-electron chi connectivity index (χ2n) is 6.38. The Morgan fingerprint density at radius 2 is 2.00 bits per heavy atom. The molecule has 106 valence electrons. The smallest absolute Gasteiger partial charge is 0.0674 e. The van der Waals surface area contributed by atoms with E-state index in [0.29, 0.717) is 18.2 Å². The van der Waals surface area contributed by atoms with Crippen molar-refractivity contribution in [2.45, 2.75) is 58.7 Å². The van der Waals surface area contributed by atoms with Crippen molar-refractivity contribution in [3.05, 3.63) is 0 Å². The maximum Gasteiger partial charge on any atom is 0.0674 e. The van der Waals surface area contributed by atoms with Crippen LogP contribution in [0.2, 0.25) is 0 Å². The topological polar surface area (TPSA) is 24.5 Å². The largest absolute Gasteiger partial charge is 0.376 e. The van der Waals surface area contributed by atoms with E-state index in [2.05, 4.69) is 37.9 Å². The predicted molar refractivity (Wildman–Crippen MR) is 75.8 cm³/mol. The lowest BCUT2D eigenvalue weighted by Gasteiger charge is -2.48. The van der Waals surface area contributed by atoms with Crippen LogP contribution in [0, 0.1) is 11.8 Å². The summed E-state index contributed by atoms with van der Waals surface area (Å²) in [7, 11) is 0. The highest BCUT2D eigenvalue weighted by molar-refractivity contribution is 4.95. The van der Waals surface area contributed by atoms with Crippen LogP contribution in [0.4, 0.5) is 0 Å². The Hall–Kier alpha value is -0.120. The molecule has 0 amide bonds. The Morgan fingerprint density at radius 3 is 2.67 bits per heavy atom. The fourth-order valence-electron chi connectivity index (χ4n) is 4.04. The van der Waals surface area contributed by atoms with Crippen molar-refractivity contribution in [2.24, 2.45) is 11.8 Å². The zero-order valence-electron chi connectivity index (χ0n) is 12.5. The first-order chi connectivity index (χ1) is 8.61. The van der Waals surface area contributed by atoms with Crippen molar-refractivity contribution < 1.29 is 4.74 Å². The lowest BCUT2D eigenvalue weighted by molar-refractivity contribution is -0.0585. The molecule has 18 heavy (non-hydrogen) atoms. The van der Waals surface area contributed by atoms with Crippen LogP contribution in [-0.2, 0) is 4.74 Å². The van der Waals surface area contributed by atoms with Gasteiger partial charge in [-0.3, -0.25) is 4.90 Å². The summed E-state index contributed by atoms with van der Waals surface area (Å²) in [6.45, 7) is 13.5. The van der Waals surface area contributed by atoms with Gasteiger partial charge in [-0.2, -0.15) is 0 Å². The van der Waals surface area contributed by atoms with E-state index in [4.69, 9.17) is 4.74 Å². The van der Waals surface area contributed by atoms with Crippen LogP contribution in [0.15, 0.2) is 0 Å². The summed E-state index contributed by atoms with van der Waals surface area (Å²) < 4.78 is 5.69. The molecule has 0 aromatic rings. The van der Waals surface area contributed by atoms with Crippen molar-refractivity contribution >= 4 is 0 Å². The average Bonchev–Trinajstić information content (AvgIpc) is 2.28. The summed E-state index contributed by atoms with van der Waals surface area (Å²) in [5.74, 6) is 1.65. The van der Waals surface area contributed by atoms with Crippen molar-refractivity contribution in [2.75, 3.05) is 26.2 Å². The average molecular weight is 254 g/mol. The minimum Gasteiger partial charge on any atom is -0.376 e. The number of ether oxygens (including phenoxy) is 1. The Morgan fingerprint density at radius 1 is 1.22 bits per heavy atom. The number of hydrogen-bond acceptors (Lipinski definition) is 3. The molecule has 0 aromatic carbocycles. The van der Waals surface area contributed by atoms with Crippen molar-refractivity contribution in [3.8, 4) is 0 Å². The van der Waals surface area contributed by atoms with Gasteiger partial charge < -0.3 is 10.1 Å². The summed E-state index contributed by atoms with van der Waals surface area (Å²) in [6, 6.07) is 1.37. The molecule has 0 bridgehead atoms. The fourth-order valence-corrected chi connectivity index (χ4v) is 4.04. The highest BCUT2D eigenvalue weighted by Gasteiger charge is 2.38. The highest BCUT2D eigenvalue weighted by atomic mass is 16.5. The standard InChI is InChI=1S/C15H30N2O/c1-5-16-14-9-11(2)8-12(3)15(14)17-6-7-18-13(4)10-17/h11-16H,5-10H2,1-4H3. The summed E-state index contributed by atoms with van der Waals surface area (Å²) in [6.07, 6.45) is 3.10. The summed E-state index contributed by atoms with van der Waals surface area (Å²) >= 11 is 0. The van der Waals surface area contributed by atoms with Crippen LogP contribution in [0.1, 0.15) is 40.5 Å². The fraction of sp³-hybridized carbons (Fsp3) is 1.00. The van der Waals surface area contributed by atoms with Crippen LogP contribution < -0.4 is 5.32 Å². The second-order valence-corrected chi connectivity index (χ2v) is 6.38. The zero-order valence-corrected chi connectivity index (χ0v) is 12.5. The van der Waals surface area contributed by atoms with Gasteiger partial charge in [0.1, 0.15) is 0 Å². The van der Waals surface area contributed by atoms with Gasteiger partial charge in [0.25, 0.3) is 0 Å². The van der Waals surface area contributed by atoms with Gasteiger partial charge in [-0.05, 0) is 38.1 Å². The maximum absolute atomic E-state index is 5.69. The molecule has 2 aliphatic rings. The molecule has 0 radical (unpaired) electrons. The summed E-state index contributed by atoms with van der Waals surface area (Å²) in [4.78, 5) is 2.68. The molecule has 3 heteroatoms. The maximum atomic E-state index is 5.69. The molecule has 1 saturated heterocycles. The van der Waals surface area contributed by atoms with E-state index >= 15 is 0 Å². The zero-order chi connectivity index (χ0) is 13.1. The van der Waals surface area contributed by atoms with E-state index in [1.165, 1.54) is 12.8 Å². The molecule has 3 nitrogen and oxygen atoms in total. The normalized spacial score (nSPS) is 43.0. The third-order valence-electron chi connectivity index (χ3n) is 4.59. The van der Waals surface area contributed by atoms with Gasteiger partial charge in [0, 0.05) is 25.2 Å². The van der Waals surface area contributed by atoms with Crippen molar-refractivity contribution in [1.29, 1.82) is 0 Å². The third kappa shape index (κ3) is 3.25. The molecular formula is C15H30N2O. The molecule has 1 aliphatic carbocycles. The van der Waals surface area contributed by atoms with Crippen LogP contribution in [0.5, 0.6) is 0 Å². The highest BCUT2D eigenvalue weighted by Crippen LogP contribution is 2.33. The molecule has 5 atom stereocenters. The Kier molecular flexibility index (Phi) is 5.05. The van der Waals surface area contributed by atoms with E-state index in [9.17, 15) is 0 Å². The number of hydrogen-bond donors (Lipinski definition) is 1. The minimum atomic E-state index is 0.396. The molecular weight excluding hydrogens is 224 g/mol. The molecule has 2 fully saturated rings. The first-order valence-electron chi connectivity index (χ1n) is 7.70. The SMILES string of the molecule is CCNC1CC(C)CC(C)C1N1CCOC(C)C1. The van der Waals surface area contributed by atoms with Crippen LogP contribution in [-0.4, -0.2) is 49.3 Å². The van der Waals surface area contributed by atoms with Gasteiger partial charge in [-0.1, -0.05) is 20.8 Å². The van der Waals surface area contributed by atoms with Crippen LogP contribution in [0.3, 0.4) is 0 Å². The third-order valence-corrected chi connectivity index (χ3v) is 4.59. The molecule has 5 unspecified atom stereocenters. The summed E-state index contributed by atoms with van der Waals surface area (Å²) in [5.41, 5.74) is 0. The number of nitrogens with zero attached hydrogens (tertiary/aromatic N) is 1. The van der Waals surface area contributed by atoms with Crippen molar-refractivity contribution in [1.82, 2.24) is 10.2 Å². The van der Waals surface area contributed by atoms with Gasteiger partial charge in [0.2, 0.25) is 0 Å². The van der Waals surface area contributed by atoms with Crippen LogP contribution in [0.25, 0.3) is 0 Å². The van der Waals surface area contributed by atoms with E-state index in [0.717, 1.165) is 38.1 Å². The van der Waals surface area contributed by atoms with Gasteiger partial charge in [0.05, 0.1) is 12.7 Å². The van der Waals surface area contributed by atoms with E-state index in [1.54, 1.807) is 0 Å². The molecule has 0 spiro atoms. The number of likely N-dealkylation sites (N-methyl/N-ethyl adjacent to an activating group) is 1. The summed E-state index contributed by atoms with van der Waals surface area (Å²) in [5, 5.41) is 3.73. The van der Waals surface area contributed by atoms with Gasteiger partial charge in [-0.25, -0.2) is 0 Å². The van der Waals surface area contributed by atoms with Gasteiger partial charge >= 0.3 is 0 Å². The number of morpholine rings is 1. The van der Waals surface area contributed by atoms with Gasteiger partial charge in [-0.15, -0.1) is 0 Å². The van der Waals surface area contributed by atoms with Crippen LogP contribution >= 0.6 is 0 Å². The second kappa shape index (κ2) is 6.36. The van der Waals surface area contributed by atoms with Crippen molar-refractivity contribution in [3.63, 3.8) is 0 Å². The predicted octanol–water partition coefficient (Wildman–Crippen LogP) is 2.12. The number of rotatable bonds is 3. The Bertz CT molecular complexity index is 251. The van der Waals surface area contributed by atoms with E-state index in [1.807, 2.05) is 0 Å². The lowest BCUT2D eigenvalue weighted by atomic mass is 9.75. The van der Waals surface area contributed by atoms with E-state index < -0.39 is 0 Å². The molecule has 0 aromatic heterocycles. The first kappa shape index (κ1) is 14.3. The Balaban J connectivity index is 2.05. The Labute approximate surface area is 112 Å².